The molecule has 1 aromatic carbocycles. The van der Waals surface area contributed by atoms with Crippen molar-refractivity contribution in [2.24, 2.45) is 12.0 Å². The van der Waals surface area contributed by atoms with Gasteiger partial charge in [-0.3, -0.25) is 9.58 Å². The molecule has 1 saturated heterocycles. The van der Waals surface area contributed by atoms with Crippen molar-refractivity contribution in [1.29, 1.82) is 0 Å². The van der Waals surface area contributed by atoms with Crippen molar-refractivity contribution in [2.45, 2.75) is 33.5 Å². The number of hydrogen-bond donors (Lipinski definition) is 2. The van der Waals surface area contributed by atoms with Gasteiger partial charge in [0.1, 0.15) is 0 Å². The van der Waals surface area contributed by atoms with Crippen molar-refractivity contribution in [3.8, 4) is 0 Å². The third-order valence-electron chi connectivity index (χ3n) is 5.46. The van der Waals surface area contributed by atoms with Crippen LogP contribution in [0.3, 0.4) is 0 Å². The van der Waals surface area contributed by atoms with Crippen molar-refractivity contribution in [2.75, 3.05) is 39.3 Å². The van der Waals surface area contributed by atoms with E-state index in [2.05, 4.69) is 63.6 Å². The normalized spacial score (nSPS) is 15.6. The maximum atomic E-state index is 4.72. The second-order valence-corrected chi connectivity index (χ2v) is 7.52. The SMILES string of the molecule is CCNC(=NCc1ccc(CN2CCN(CC)CC2)cc1)NCc1ccnn1C.I. The Labute approximate surface area is 197 Å². The number of nitrogens with zero attached hydrogens (tertiary/aromatic N) is 5. The first-order valence-corrected chi connectivity index (χ1v) is 10.7. The second-order valence-electron chi connectivity index (χ2n) is 7.52. The molecule has 0 atom stereocenters. The standard InChI is InChI=1S/C22H35N7.HI/c1-4-23-22(25-17-21-10-11-26-27(21)3)24-16-19-6-8-20(9-7-19)18-29-14-12-28(5-2)13-15-29;/h6-11H,4-5,12-18H2,1-3H3,(H2,23,24,25);1H. The molecule has 0 radical (unpaired) electrons. The van der Waals surface area contributed by atoms with E-state index in [-0.39, 0.29) is 24.0 Å². The van der Waals surface area contributed by atoms with Gasteiger partial charge in [-0.1, -0.05) is 31.2 Å². The zero-order valence-corrected chi connectivity index (χ0v) is 20.8. The maximum absolute atomic E-state index is 4.72. The van der Waals surface area contributed by atoms with E-state index in [1.165, 1.54) is 24.2 Å². The summed E-state index contributed by atoms with van der Waals surface area (Å²) < 4.78 is 1.87. The van der Waals surface area contributed by atoms with E-state index in [1.54, 1.807) is 0 Å². The van der Waals surface area contributed by atoms with Gasteiger partial charge in [-0.2, -0.15) is 5.10 Å². The number of likely N-dealkylation sites (N-methyl/N-ethyl adjacent to an activating group) is 1. The summed E-state index contributed by atoms with van der Waals surface area (Å²) in [5.74, 6) is 0.826. The largest absolute Gasteiger partial charge is 0.357 e. The molecule has 1 aliphatic rings. The van der Waals surface area contributed by atoms with E-state index >= 15 is 0 Å². The number of piperazine rings is 1. The van der Waals surface area contributed by atoms with E-state index in [1.807, 2.05) is 24.0 Å². The topological polar surface area (TPSA) is 60.7 Å². The third-order valence-corrected chi connectivity index (χ3v) is 5.46. The summed E-state index contributed by atoms with van der Waals surface area (Å²) in [5.41, 5.74) is 3.73. The van der Waals surface area contributed by atoms with Gasteiger partial charge in [-0.15, -0.1) is 24.0 Å². The lowest BCUT2D eigenvalue weighted by molar-refractivity contribution is 0.132. The number of benzene rings is 1. The number of hydrogen-bond acceptors (Lipinski definition) is 4. The second kappa shape index (κ2) is 12.9. The number of aromatic nitrogens is 2. The van der Waals surface area contributed by atoms with Gasteiger partial charge < -0.3 is 15.5 Å². The van der Waals surface area contributed by atoms with Gasteiger partial charge in [-0.25, -0.2) is 4.99 Å². The van der Waals surface area contributed by atoms with E-state index in [9.17, 15) is 0 Å². The molecule has 7 nitrogen and oxygen atoms in total. The summed E-state index contributed by atoms with van der Waals surface area (Å²) in [6.45, 7) is 13.4. The first-order valence-electron chi connectivity index (χ1n) is 10.7. The monoisotopic (exact) mass is 525 g/mol. The first-order chi connectivity index (χ1) is 14.2. The van der Waals surface area contributed by atoms with Crippen molar-refractivity contribution in [3.63, 3.8) is 0 Å². The van der Waals surface area contributed by atoms with Crippen LogP contribution in [0, 0.1) is 0 Å². The fraction of sp³-hybridized carbons (Fsp3) is 0.545. The molecule has 1 aromatic heterocycles. The molecule has 8 heteroatoms. The van der Waals surface area contributed by atoms with E-state index in [0.717, 1.165) is 44.4 Å². The fourth-order valence-corrected chi connectivity index (χ4v) is 3.53. The van der Waals surface area contributed by atoms with Crippen LogP contribution < -0.4 is 10.6 Å². The van der Waals surface area contributed by atoms with E-state index in [4.69, 9.17) is 4.99 Å². The Morgan fingerprint density at radius 3 is 2.23 bits per heavy atom. The van der Waals surface area contributed by atoms with Crippen LogP contribution in [0.4, 0.5) is 0 Å². The molecule has 3 rings (SSSR count). The van der Waals surface area contributed by atoms with Crippen LogP contribution in [0.15, 0.2) is 41.5 Å². The minimum absolute atomic E-state index is 0. The smallest absolute Gasteiger partial charge is 0.191 e. The molecule has 0 spiro atoms. The van der Waals surface area contributed by atoms with E-state index < -0.39 is 0 Å². The Morgan fingerprint density at radius 1 is 0.967 bits per heavy atom. The molecule has 0 saturated carbocycles. The third kappa shape index (κ3) is 7.55. The lowest BCUT2D eigenvalue weighted by Gasteiger charge is -2.34. The molecule has 0 bridgehead atoms. The lowest BCUT2D eigenvalue weighted by atomic mass is 10.1. The van der Waals surface area contributed by atoms with Crippen LogP contribution in [0.1, 0.15) is 30.7 Å². The van der Waals surface area contributed by atoms with Crippen LogP contribution >= 0.6 is 24.0 Å². The number of aliphatic imine (C=N–C) groups is 1. The molecule has 0 aliphatic carbocycles. The Balaban J connectivity index is 0.00000320. The van der Waals surface area contributed by atoms with Crippen molar-refractivity contribution >= 4 is 29.9 Å². The summed E-state index contributed by atoms with van der Waals surface area (Å²) in [5, 5.41) is 10.9. The number of guanidine groups is 1. The number of aryl methyl sites for hydroxylation is 1. The molecule has 1 aliphatic heterocycles. The van der Waals surface area contributed by atoms with Gasteiger partial charge in [0.25, 0.3) is 0 Å². The molecule has 0 unspecified atom stereocenters. The summed E-state index contributed by atoms with van der Waals surface area (Å²) in [6, 6.07) is 10.9. The summed E-state index contributed by atoms with van der Waals surface area (Å²) in [7, 11) is 1.95. The van der Waals surface area contributed by atoms with Crippen LogP contribution in [-0.4, -0.2) is 64.8 Å². The maximum Gasteiger partial charge on any atom is 0.191 e. The van der Waals surface area contributed by atoms with E-state index in [0.29, 0.717) is 13.1 Å². The first kappa shape index (κ1) is 24.6. The molecular weight excluding hydrogens is 489 g/mol. The Hall–Kier alpha value is -1.65. The van der Waals surface area contributed by atoms with Crippen molar-refractivity contribution < 1.29 is 0 Å². The predicted molar refractivity (Wildman–Crippen MR) is 134 cm³/mol. The number of rotatable bonds is 8. The minimum Gasteiger partial charge on any atom is -0.357 e. The molecule has 2 aromatic rings. The highest BCUT2D eigenvalue weighted by molar-refractivity contribution is 14.0. The van der Waals surface area contributed by atoms with Crippen LogP contribution in [0.25, 0.3) is 0 Å². The highest BCUT2D eigenvalue weighted by Crippen LogP contribution is 2.11. The summed E-state index contributed by atoms with van der Waals surface area (Å²) in [6.07, 6.45) is 1.81. The molecular formula is C22H36IN7. The van der Waals surface area contributed by atoms with Crippen molar-refractivity contribution in [3.05, 3.63) is 53.3 Å². The van der Waals surface area contributed by atoms with Gasteiger partial charge in [0, 0.05) is 52.5 Å². The van der Waals surface area contributed by atoms with Crippen molar-refractivity contribution in [1.82, 2.24) is 30.2 Å². The average molecular weight is 525 g/mol. The highest BCUT2D eigenvalue weighted by Gasteiger charge is 2.15. The zero-order chi connectivity index (χ0) is 20.5. The summed E-state index contributed by atoms with van der Waals surface area (Å²) in [4.78, 5) is 9.79. The Bertz CT molecular complexity index is 764. The molecule has 1 fully saturated rings. The van der Waals surface area contributed by atoms with Gasteiger partial charge in [0.05, 0.1) is 18.8 Å². The Kier molecular flexibility index (Phi) is 10.6. The number of halogens is 1. The lowest BCUT2D eigenvalue weighted by Crippen LogP contribution is -2.45. The van der Waals surface area contributed by atoms with Crippen LogP contribution in [-0.2, 0) is 26.7 Å². The molecule has 30 heavy (non-hydrogen) atoms. The van der Waals surface area contributed by atoms with Gasteiger partial charge in [-0.05, 0) is 30.7 Å². The molecule has 166 valence electrons. The number of nitrogens with one attached hydrogen (secondary N) is 2. The van der Waals surface area contributed by atoms with Gasteiger partial charge in [0.2, 0.25) is 0 Å². The van der Waals surface area contributed by atoms with Crippen LogP contribution in [0.2, 0.25) is 0 Å². The minimum atomic E-state index is 0. The summed E-state index contributed by atoms with van der Waals surface area (Å²) >= 11 is 0. The van der Waals surface area contributed by atoms with Crippen LogP contribution in [0.5, 0.6) is 0 Å². The van der Waals surface area contributed by atoms with Gasteiger partial charge >= 0.3 is 0 Å². The Morgan fingerprint density at radius 2 is 1.63 bits per heavy atom. The molecule has 2 heterocycles. The van der Waals surface area contributed by atoms with Gasteiger partial charge in [0.15, 0.2) is 5.96 Å². The predicted octanol–water partition coefficient (Wildman–Crippen LogP) is 2.43. The highest BCUT2D eigenvalue weighted by atomic mass is 127. The zero-order valence-electron chi connectivity index (χ0n) is 18.5. The molecule has 2 N–H and O–H groups in total. The quantitative estimate of drug-likeness (QED) is 0.315. The average Bonchev–Trinajstić information content (AvgIpc) is 3.16. The fourth-order valence-electron chi connectivity index (χ4n) is 3.53. The molecule has 0 amide bonds.